The molecule has 8 heteroatoms. The average molecular weight is 528 g/mol. The van der Waals surface area contributed by atoms with Gasteiger partial charge in [0.25, 0.3) is 5.91 Å². The summed E-state index contributed by atoms with van der Waals surface area (Å²) in [6, 6.07) is 17.9. The molecule has 0 bridgehead atoms. The summed E-state index contributed by atoms with van der Waals surface area (Å²) in [6.07, 6.45) is 1.73. The molecule has 6 nitrogen and oxygen atoms in total. The summed E-state index contributed by atoms with van der Waals surface area (Å²) in [5.74, 6) is -0.584. The van der Waals surface area contributed by atoms with E-state index in [1.807, 2.05) is 47.4 Å². The molecular formula is C30H30FN5OS. The number of thiol groups is 1. The van der Waals surface area contributed by atoms with Crippen molar-refractivity contribution in [3.63, 3.8) is 0 Å². The molecule has 1 aliphatic heterocycles. The first kappa shape index (κ1) is 25.9. The lowest BCUT2D eigenvalue weighted by atomic mass is 9.98. The summed E-state index contributed by atoms with van der Waals surface area (Å²) in [4.78, 5) is 26.4. The number of benzene rings is 3. The predicted octanol–water partition coefficient (Wildman–Crippen LogP) is 6.57. The number of anilines is 2. The fraction of sp³-hybridized carbons (Fsp3) is 0.233. The number of carbonyl (C=O) groups excluding carboxylic acids is 1. The van der Waals surface area contributed by atoms with Crippen molar-refractivity contribution < 1.29 is 9.18 Å². The molecule has 1 aliphatic rings. The lowest BCUT2D eigenvalue weighted by molar-refractivity contribution is 0.0311. The van der Waals surface area contributed by atoms with Crippen LogP contribution >= 0.6 is 12.6 Å². The number of nitrogens with one attached hydrogen (secondary N) is 1. The number of likely N-dealkylation sites (N-methyl/N-ethyl adjacent to an activating group) is 1. The number of hydrogen-bond acceptors (Lipinski definition) is 6. The van der Waals surface area contributed by atoms with Crippen molar-refractivity contribution in [1.29, 1.82) is 0 Å². The number of piperazine rings is 1. The minimum absolute atomic E-state index is 0.129. The Kier molecular flexibility index (Phi) is 6.94. The van der Waals surface area contributed by atoms with Gasteiger partial charge in [-0.1, -0.05) is 12.1 Å². The summed E-state index contributed by atoms with van der Waals surface area (Å²) in [6.45, 7) is 9.82. The predicted molar refractivity (Wildman–Crippen MR) is 156 cm³/mol. The van der Waals surface area contributed by atoms with E-state index in [2.05, 4.69) is 60.4 Å². The molecule has 0 radical (unpaired) electrons. The standard InChI is InChI=1S/C30H30FN5OS/c1-30(2)18-36(14-13-35(30)4)29(37)20-5-8-22(24(31)16-20)19-6-9-25-23(15-19)26(11-12-33-25)34-21-7-10-28(38)27(17-21)32-3/h5-12,15-17,38H,3,13-14,18H2,1-2,4H3,(H,33,34). The average Bonchev–Trinajstić information content (AvgIpc) is 2.90. The Morgan fingerprint density at radius 1 is 1.11 bits per heavy atom. The van der Waals surface area contributed by atoms with E-state index in [1.165, 1.54) is 6.07 Å². The zero-order chi connectivity index (χ0) is 27.0. The lowest BCUT2D eigenvalue weighted by Crippen LogP contribution is -2.58. The van der Waals surface area contributed by atoms with Gasteiger partial charge >= 0.3 is 0 Å². The molecule has 5 rings (SSSR count). The van der Waals surface area contributed by atoms with Gasteiger partial charge in [0.15, 0.2) is 0 Å². The van der Waals surface area contributed by atoms with Crippen LogP contribution in [0.3, 0.4) is 0 Å². The lowest BCUT2D eigenvalue weighted by Gasteiger charge is -2.45. The zero-order valence-corrected chi connectivity index (χ0v) is 22.6. The molecule has 4 aromatic rings. The van der Waals surface area contributed by atoms with Gasteiger partial charge in [0.1, 0.15) is 5.82 Å². The highest BCUT2D eigenvalue weighted by Crippen LogP contribution is 2.33. The molecule has 1 fully saturated rings. The molecule has 0 aliphatic carbocycles. The van der Waals surface area contributed by atoms with E-state index in [-0.39, 0.29) is 11.4 Å². The van der Waals surface area contributed by atoms with Gasteiger partial charge in [0.2, 0.25) is 0 Å². The molecule has 0 saturated carbocycles. The third-order valence-electron chi connectivity index (χ3n) is 7.30. The Balaban J connectivity index is 1.44. The maximum Gasteiger partial charge on any atom is 0.254 e. The summed E-state index contributed by atoms with van der Waals surface area (Å²) in [7, 11) is 2.06. The van der Waals surface area contributed by atoms with Crippen LogP contribution in [0.2, 0.25) is 0 Å². The van der Waals surface area contributed by atoms with Crippen molar-refractivity contribution in [2.24, 2.45) is 4.99 Å². The SMILES string of the molecule is C=Nc1cc(Nc2ccnc3ccc(-c4ccc(C(=O)N5CCN(C)C(C)(C)C5)cc4F)cc23)ccc1S. The first-order valence-corrected chi connectivity index (χ1v) is 12.9. The first-order valence-electron chi connectivity index (χ1n) is 12.4. The molecule has 0 spiro atoms. The summed E-state index contributed by atoms with van der Waals surface area (Å²) < 4.78 is 15.4. The molecule has 0 unspecified atom stereocenters. The minimum atomic E-state index is -0.437. The molecule has 1 saturated heterocycles. The fourth-order valence-corrected chi connectivity index (χ4v) is 4.99. The van der Waals surface area contributed by atoms with Crippen molar-refractivity contribution in [3.8, 4) is 11.1 Å². The van der Waals surface area contributed by atoms with E-state index in [9.17, 15) is 4.79 Å². The second-order valence-corrected chi connectivity index (χ2v) is 10.7. The summed E-state index contributed by atoms with van der Waals surface area (Å²) >= 11 is 4.40. The smallest absolute Gasteiger partial charge is 0.254 e. The fourth-order valence-electron chi connectivity index (χ4n) is 4.78. The van der Waals surface area contributed by atoms with E-state index >= 15 is 4.39 Å². The summed E-state index contributed by atoms with van der Waals surface area (Å²) in [5, 5.41) is 4.24. The topological polar surface area (TPSA) is 60.8 Å². The molecular weight excluding hydrogens is 497 g/mol. The Hall–Kier alpha value is -3.75. The third kappa shape index (κ3) is 5.01. The maximum absolute atomic E-state index is 15.4. The van der Waals surface area contributed by atoms with E-state index in [1.54, 1.807) is 18.3 Å². The molecule has 3 aromatic carbocycles. The van der Waals surface area contributed by atoms with Crippen LogP contribution in [0.15, 0.2) is 76.7 Å². The molecule has 1 amide bonds. The van der Waals surface area contributed by atoms with Gasteiger partial charge < -0.3 is 10.2 Å². The van der Waals surface area contributed by atoms with Crippen LogP contribution in [0.4, 0.5) is 21.5 Å². The van der Waals surface area contributed by atoms with Gasteiger partial charge in [-0.3, -0.25) is 19.7 Å². The number of carbonyl (C=O) groups is 1. The minimum Gasteiger partial charge on any atom is -0.355 e. The van der Waals surface area contributed by atoms with Crippen LogP contribution in [-0.2, 0) is 0 Å². The van der Waals surface area contributed by atoms with E-state index < -0.39 is 5.82 Å². The van der Waals surface area contributed by atoms with Crippen LogP contribution in [0.5, 0.6) is 0 Å². The van der Waals surface area contributed by atoms with Gasteiger partial charge in [0, 0.05) is 64.2 Å². The summed E-state index contributed by atoms with van der Waals surface area (Å²) in [5.41, 5.74) is 4.45. The maximum atomic E-state index is 15.4. The van der Waals surface area contributed by atoms with Crippen LogP contribution in [0.1, 0.15) is 24.2 Å². The van der Waals surface area contributed by atoms with Gasteiger partial charge in [0.05, 0.1) is 11.2 Å². The first-order chi connectivity index (χ1) is 18.2. The third-order valence-corrected chi connectivity index (χ3v) is 7.68. The molecule has 1 N–H and O–H groups in total. The number of halogens is 1. The van der Waals surface area contributed by atoms with Crippen molar-refractivity contribution in [2.45, 2.75) is 24.3 Å². The van der Waals surface area contributed by atoms with Crippen LogP contribution in [0.25, 0.3) is 22.0 Å². The number of nitrogens with zero attached hydrogens (tertiary/aromatic N) is 4. The molecule has 2 heterocycles. The monoisotopic (exact) mass is 527 g/mol. The number of aromatic nitrogens is 1. The largest absolute Gasteiger partial charge is 0.355 e. The quantitative estimate of drug-likeness (QED) is 0.228. The van der Waals surface area contributed by atoms with E-state index in [4.69, 9.17) is 0 Å². The molecule has 0 atom stereocenters. The Morgan fingerprint density at radius 3 is 2.66 bits per heavy atom. The van der Waals surface area contributed by atoms with Gasteiger partial charge in [-0.2, -0.15) is 0 Å². The normalized spacial score (nSPS) is 15.4. The number of rotatable bonds is 5. The second kappa shape index (κ2) is 10.2. The molecule has 38 heavy (non-hydrogen) atoms. The van der Waals surface area contributed by atoms with Gasteiger partial charge in [-0.05, 0) is 81.7 Å². The highest BCUT2D eigenvalue weighted by molar-refractivity contribution is 7.80. The Morgan fingerprint density at radius 2 is 1.92 bits per heavy atom. The van der Waals surface area contributed by atoms with Gasteiger partial charge in [-0.15, -0.1) is 12.6 Å². The molecule has 1 aromatic heterocycles. The van der Waals surface area contributed by atoms with E-state index in [0.717, 1.165) is 33.7 Å². The number of amides is 1. The van der Waals surface area contributed by atoms with Crippen molar-refractivity contribution in [1.82, 2.24) is 14.8 Å². The number of pyridine rings is 1. The highest BCUT2D eigenvalue weighted by Gasteiger charge is 2.33. The Bertz CT molecular complexity index is 1550. The van der Waals surface area contributed by atoms with Crippen LogP contribution in [0, 0.1) is 5.82 Å². The Labute approximate surface area is 227 Å². The van der Waals surface area contributed by atoms with Gasteiger partial charge in [-0.25, -0.2) is 4.39 Å². The second-order valence-electron chi connectivity index (χ2n) is 10.2. The van der Waals surface area contributed by atoms with E-state index in [0.29, 0.717) is 35.5 Å². The van der Waals surface area contributed by atoms with Crippen LogP contribution < -0.4 is 5.32 Å². The van der Waals surface area contributed by atoms with Crippen molar-refractivity contribution in [2.75, 3.05) is 32.0 Å². The van der Waals surface area contributed by atoms with Crippen molar-refractivity contribution >= 4 is 53.2 Å². The zero-order valence-electron chi connectivity index (χ0n) is 21.7. The number of aliphatic imine (C=N–C) groups is 1. The molecule has 194 valence electrons. The van der Waals surface area contributed by atoms with Crippen molar-refractivity contribution in [3.05, 3.63) is 78.2 Å². The number of hydrogen-bond donors (Lipinski definition) is 2. The number of fused-ring (bicyclic) bond motifs is 1. The highest BCUT2D eigenvalue weighted by atomic mass is 32.1. The van der Waals surface area contributed by atoms with Crippen LogP contribution in [-0.4, -0.2) is 59.6 Å².